The van der Waals surface area contributed by atoms with E-state index in [0.717, 1.165) is 24.2 Å². The molecule has 0 radical (unpaired) electrons. The molecular weight excluding hydrogens is 303 g/mol. The maximum Gasteiger partial charge on any atom is 0.341 e. The maximum absolute atomic E-state index is 10.5. The van der Waals surface area contributed by atoms with Crippen molar-refractivity contribution >= 4 is 34.9 Å². The molecular formula is C13H14Cl2N2O3. The van der Waals surface area contributed by atoms with Crippen LogP contribution in [0.25, 0.3) is 0 Å². The van der Waals surface area contributed by atoms with Crippen molar-refractivity contribution in [3.05, 3.63) is 27.7 Å². The van der Waals surface area contributed by atoms with E-state index in [4.69, 9.17) is 33.0 Å². The highest BCUT2D eigenvalue weighted by Gasteiger charge is 2.24. The highest BCUT2D eigenvalue weighted by atomic mass is 35.5. The lowest BCUT2D eigenvalue weighted by Crippen LogP contribution is -2.16. The lowest BCUT2D eigenvalue weighted by atomic mass is 9.95. The van der Waals surface area contributed by atoms with Crippen molar-refractivity contribution in [2.24, 2.45) is 11.0 Å². The van der Waals surface area contributed by atoms with E-state index >= 15 is 0 Å². The van der Waals surface area contributed by atoms with Crippen molar-refractivity contribution in [2.45, 2.75) is 13.3 Å². The summed E-state index contributed by atoms with van der Waals surface area (Å²) in [4.78, 5) is 10.5. The number of carboxylic acids is 1. The molecule has 0 spiro atoms. The first kappa shape index (κ1) is 14.9. The lowest BCUT2D eigenvalue weighted by molar-refractivity contribution is -0.139. The second kappa shape index (κ2) is 6.33. The van der Waals surface area contributed by atoms with E-state index in [9.17, 15) is 4.79 Å². The molecule has 2 N–H and O–H groups in total. The van der Waals surface area contributed by atoms with Crippen LogP contribution in [0.1, 0.15) is 18.9 Å². The number of hydrogen-bond acceptors (Lipinski definition) is 4. The minimum atomic E-state index is -1.07. The average Bonchev–Trinajstić information content (AvgIpc) is 2.88. The Labute approximate surface area is 126 Å². The molecule has 108 valence electrons. The number of halogens is 2. The third-order valence-electron chi connectivity index (χ3n) is 3.09. The summed E-state index contributed by atoms with van der Waals surface area (Å²) in [7, 11) is 0. The summed E-state index contributed by atoms with van der Waals surface area (Å²) in [6, 6.07) is 3.36. The maximum atomic E-state index is 10.5. The first-order valence-electron chi connectivity index (χ1n) is 6.18. The Morgan fingerprint density at radius 2 is 2.25 bits per heavy atom. The zero-order valence-corrected chi connectivity index (χ0v) is 12.3. The Hall–Kier alpha value is -1.46. The zero-order valence-electron chi connectivity index (χ0n) is 10.8. The number of nitrogens with one attached hydrogen (secondary N) is 1. The Kier molecular flexibility index (Phi) is 4.73. The molecule has 0 bridgehead atoms. The number of nitrogens with zero attached hydrogens (tertiary/aromatic N) is 1. The van der Waals surface area contributed by atoms with Crippen LogP contribution in [0, 0.1) is 5.92 Å². The average molecular weight is 317 g/mol. The number of ether oxygens (including phenoxy) is 1. The molecule has 20 heavy (non-hydrogen) atoms. The van der Waals surface area contributed by atoms with Crippen molar-refractivity contribution in [3.63, 3.8) is 0 Å². The molecule has 1 aliphatic rings. The fourth-order valence-corrected chi connectivity index (χ4v) is 2.50. The van der Waals surface area contributed by atoms with Gasteiger partial charge in [0.1, 0.15) is 10.8 Å². The van der Waals surface area contributed by atoms with Crippen LogP contribution in [0.15, 0.2) is 17.2 Å². The number of carboxylic acid groups (broad SMARTS) is 1. The van der Waals surface area contributed by atoms with Gasteiger partial charge in [0, 0.05) is 18.0 Å². The van der Waals surface area contributed by atoms with Gasteiger partial charge in [0.2, 0.25) is 0 Å². The van der Waals surface area contributed by atoms with Crippen molar-refractivity contribution < 1.29 is 14.6 Å². The van der Waals surface area contributed by atoms with Gasteiger partial charge in [-0.15, -0.1) is 0 Å². The lowest BCUT2D eigenvalue weighted by Gasteiger charge is -2.13. The van der Waals surface area contributed by atoms with E-state index in [0.29, 0.717) is 5.02 Å². The molecule has 0 saturated carbocycles. The van der Waals surface area contributed by atoms with Gasteiger partial charge in [0.15, 0.2) is 6.61 Å². The first-order chi connectivity index (χ1) is 9.54. The Balaban J connectivity index is 2.29. The first-order valence-corrected chi connectivity index (χ1v) is 6.93. The van der Waals surface area contributed by atoms with Crippen molar-refractivity contribution in [2.75, 3.05) is 13.2 Å². The van der Waals surface area contributed by atoms with Crippen LogP contribution in [-0.4, -0.2) is 29.9 Å². The van der Waals surface area contributed by atoms with Gasteiger partial charge < -0.3 is 15.3 Å². The Morgan fingerprint density at radius 3 is 2.90 bits per heavy atom. The fraction of sp³-hybridized carbons (Fsp3) is 0.385. The molecule has 7 heteroatoms. The number of carbonyl (C=O) groups is 1. The fourth-order valence-electron chi connectivity index (χ4n) is 2.03. The van der Waals surface area contributed by atoms with E-state index in [2.05, 4.69) is 17.5 Å². The number of benzene rings is 1. The van der Waals surface area contributed by atoms with Gasteiger partial charge >= 0.3 is 5.97 Å². The third kappa shape index (κ3) is 2.99. The topological polar surface area (TPSA) is 70.9 Å². The predicted molar refractivity (Wildman–Crippen MR) is 77.9 cm³/mol. The Bertz CT molecular complexity index is 561. The van der Waals surface area contributed by atoms with Gasteiger partial charge in [-0.1, -0.05) is 30.1 Å². The summed E-state index contributed by atoms with van der Waals surface area (Å²) in [6.45, 7) is 2.39. The smallest absolute Gasteiger partial charge is 0.341 e. The highest BCUT2D eigenvalue weighted by Crippen LogP contribution is 2.36. The molecule has 1 heterocycles. The molecule has 1 aliphatic heterocycles. The van der Waals surface area contributed by atoms with E-state index in [1.54, 1.807) is 12.1 Å². The van der Waals surface area contributed by atoms with Crippen molar-refractivity contribution in [1.82, 2.24) is 5.43 Å². The number of hydrazone groups is 1. The third-order valence-corrected chi connectivity index (χ3v) is 3.96. The highest BCUT2D eigenvalue weighted by molar-refractivity contribution is 6.45. The normalized spacial score (nSPS) is 17.6. The second-order valence-electron chi connectivity index (χ2n) is 4.39. The van der Waals surface area contributed by atoms with Crippen LogP contribution >= 0.6 is 23.2 Å². The summed E-state index contributed by atoms with van der Waals surface area (Å²) in [5.41, 5.74) is 4.56. The summed E-state index contributed by atoms with van der Waals surface area (Å²) in [6.07, 6.45) is 0.942. The molecule has 1 atom stereocenters. The monoisotopic (exact) mass is 316 g/mol. The van der Waals surface area contributed by atoms with Crippen LogP contribution in [0.3, 0.4) is 0 Å². The number of aliphatic carboxylic acids is 1. The largest absolute Gasteiger partial charge is 0.480 e. The SMILES string of the molecule is CCC1CNN=C1c1ccc(OCC(=O)O)c(Cl)c1Cl. The molecule has 0 fully saturated rings. The quantitative estimate of drug-likeness (QED) is 0.876. The summed E-state index contributed by atoms with van der Waals surface area (Å²) < 4.78 is 5.08. The summed E-state index contributed by atoms with van der Waals surface area (Å²) in [5, 5.41) is 13.4. The van der Waals surface area contributed by atoms with Gasteiger partial charge in [-0.05, 0) is 18.6 Å². The van der Waals surface area contributed by atoms with Crippen LogP contribution in [0.4, 0.5) is 0 Å². The van der Waals surface area contributed by atoms with Gasteiger partial charge in [0.25, 0.3) is 0 Å². The molecule has 0 saturated heterocycles. The van der Waals surface area contributed by atoms with Crippen molar-refractivity contribution in [3.8, 4) is 5.75 Å². The molecule has 0 aliphatic carbocycles. The van der Waals surface area contributed by atoms with E-state index in [1.165, 1.54) is 0 Å². The molecule has 1 aromatic rings. The van der Waals surface area contributed by atoms with Crippen LogP contribution in [-0.2, 0) is 4.79 Å². The zero-order chi connectivity index (χ0) is 14.7. The minimum Gasteiger partial charge on any atom is -0.480 e. The summed E-state index contributed by atoms with van der Waals surface area (Å²) in [5.74, 6) is -0.534. The molecule has 2 rings (SSSR count). The van der Waals surface area contributed by atoms with Crippen LogP contribution < -0.4 is 10.2 Å². The molecule has 1 aromatic carbocycles. The van der Waals surface area contributed by atoms with Gasteiger partial charge in [-0.25, -0.2) is 4.79 Å². The molecule has 0 aromatic heterocycles. The van der Waals surface area contributed by atoms with Crippen LogP contribution in [0.2, 0.25) is 10.0 Å². The number of rotatable bonds is 5. The van der Waals surface area contributed by atoms with Crippen molar-refractivity contribution in [1.29, 1.82) is 0 Å². The molecule has 1 unspecified atom stereocenters. The standard InChI is InChI=1S/C13H14Cl2N2O3/c1-2-7-5-16-17-13(7)8-3-4-9(12(15)11(8)14)20-6-10(18)19/h3-4,7,16H,2,5-6H2,1H3,(H,18,19). The van der Waals surface area contributed by atoms with E-state index < -0.39 is 12.6 Å². The second-order valence-corrected chi connectivity index (χ2v) is 5.14. The molecule has 5 nitrogen and oxygen atoms in total. The number of hydrogen-bond donors (Lipinski definition) is 2. The molecule has 0 amide bonds. The predicted octanol–water partition coefficient (Wildman–Crippen LogP) is 2.79. The van der Waals surface area contributed by atoms with E-state index in [1.807, 2.05) is 0 Å². The van der Waals surface area contributed by atoms with Gasteiger partial charge in [0.05, 0.1) is 10.7 Å². The minimum absolute atomic E-state index is 0.204. The summed E-state index contributed by atoms with van der Waals surface area (Å²) >= 11 is 12.4. The van der Waals surface area contributed by atoms with E-state index in [-0.39, 0.29) is 16.7 Å². The van der Waals surface area contributed by atoms with Gasteiger partial charge in [-0.2, -0.15) is 5.10 Å². The van der Waals surface area contributed by atoms with Gasteiger partial charge in [-0.3, -0.25) is 0 Å². The van der Waals surface area contributed by atoms with Crippen LogP contribution in [0.5, 0.6) is 5.75 Å². The Morgan fingerprint density at radius 1 is 1.50 bits per heavy atom.